The van der Waals surface area contributed by atoms with Gasteiger partial charge in [-0.1, -0.05) is 54.6 Å². The Morgan fingerprint density at radius 2 is 1.59 bits per heavy atom. The Kier molecular flexibility index (Phi) is 5.44. The maximum Gasteiger partial charge on any atom is 0.194 e. The van der Waals surface area contributed by atoms with E-state index in [1.807, 2.05) is 42.5 Å². The van der Waals surface area contributed by atoms with Crippen molar-refractivity contribution in [2.24, 2.45) is 0 Å². The minimum absolute atomic E-state index is 0.102. The summed E-state index contributed by atoms with van der Waals surface area (Å²) in [6, 6.07) is 20.9. The molecule has 0 bridgehead atoms. The van der Waals surface area contributed by atoms with Gasteiger partial charge in [0.15, 0.2) is 5.43 Å². The molecular formula is C27H25FO. The molecule has 0 fully saturated rings. The minimum atomic E-state index is -0.177. The molecule has 0 amide bonds. The fraction of sp³-hybridized carbons (Fsp3) is 0.222. The maximum absolute atomic E-state index is 13.4. The van der Waals surface area contributed by atoms with Crippen LogP contribution in [-0.4, -0.2) is 0 Å². The topological polar surface area (TPSA) is 17.1 Å². The summed E-state index contributed by atoms with van der Waals surface area (Å²) in [7, 11) is 0. The summed E-state index contributed by atoms with van der Waals surface area (Å²) in [5.74, 6) is -0.177. The number of unbranched alkanes of at least 4 members (excludes halogenated alkanes) is 1. The zero-order chi connectivity index (χ0) is 20.4. The van der Waals surface area contributed by atoms with E-state index >= 15 is 0 Å². The number of hydrogen-bond donors (Lipinski definition) is 0. The van der Waals surface area contributed by atoms with Crippen LogP contribution >= 0.6 is 0 Å². The summed E-state index contributed by atoms with van der Waals surface area (Å²) in [5, 5.41) is 3.66. The molecule has 0 aliphatic heterocycles. The van der Waals surface area contributed by atoms with Gasteiger partial charge in [0.2, 0.25) is 0 Å². The van der Waals surface area contributed by atoms with E-state index in [4.69, 9.17) is 0 Å². The predicted molar refractivity (Wildman–Crippen MR) is 120 cm³/mol. The van der Waals surface area contributed by atoms with Crippen molar-refractivity contribution in [3.05, 3.63) is 105 Å². The Balaban J connectivity index is 1.73. The third-order valence-corrected chi connectivity index (χ3v) is 5.89. The normalized spacial score (nSPS) is 11.3. The number of aryl methyl sites for hydroxylation is 4. The summed E-state index contributed by atoms with van der Waals surface area (Å²) in [5.41, 5.74) is 4.74. The van der Waals surface area contributed by atoms with Crippen molar-refractivity contribution >= 4 is 21.5 Å². The molecule has 146 valence electrons. The second-order valence-electron chi connectivity index (χ2n) is 7.85. The molecule has 4 aromatic carbocycles. The first-order valence-electron chi connectivity index (χ1n) is 10.2. The van der Waals surface area contributed by atoms with Crippen molar-refractivity contribution in [1.29, 1.82) is 0 Å². The zero-order valence-corrected chi connectivity index (χ0v) is 17.0. The van der Waals surface area contributed by atoms with E-state index in [0.29, 0.717) is 0 Å². The Bertz CT molecular complexity index is 1260. The lowest BCUT2D eigenvalue weighted by Crippen LogP contribution is -2.00. The van der Waals surface area contributed by atoms with Crippen LogP contribution in [0.4, 0.5) is 4.39 Å². The standard InChI is InChI=1S/C27H25FO/c1-18-14-15-25-26(19(18)2)22(17-21-10-5-6-13-24(21)27(25)29)11-4-3-8-20-9-7-12-23(28)16-20/h5-7,9-10,12-17H,3-4,8,11H2,1-2H3. The fourth-order valence-electron chi connectivity index (χ4n) is 4.19. The summed E-state index contributed by atoms with van der Waals surface area (Å²) >= 11 is 0. The fourth-order valence-corrected chi connectivity index (χ4v) is 4.19. The molecule has 0 aromatic heterocycles. The van der Waals surface area contributed by atoms with Gasteiger partial charge in [-0.05, 0) is 84.7 Å². The van der Waals surface area contributed by atoms with Crippen molar-refractivity contribution in [2.75, 3.05) is 0 Å². The molecule has 1 nitrogen and oxygen atoms in total. The van der Waals surface area contributed by atoms with Gasteiger partial charge in [0, 0.05) is 10.8 Å². The van der Waals surface area contributed by atoms with Crippen LogP contribution in [0.2, 0.25) is 0 Å². The van der Waals surface area contributed by atoms with E-state index in [9.17, 15) is 9.18 Å². The smallest absolute Gasteiger partial charge is 0.194 e. The van der Waals surface area contributed by atoms with Gasteiger partial charge in [-0.15, -0.1) is 0 Å². The predicted octanol–water partition coefficient (Wildman–Crippen LogP) is 6.67. The highest BCUT2D eigenvalue weighted by Gasteiger charge is 2.11. The Labute approximate surface area is 170 Å². The quantitative estimate of drug-likeness (QED) is 0.351. The molecular weight excluding hydrogens is 359 g/mol. The van der Waals surface area contributed by atoms with E-state index in [0.717, 1.165) is 52.8 Å². The lowest BCUT2D eigenvalue weighted by molar-refractivity contribution is 0.623. The van der Waals surface area contributed by atoms with Gasteiger partial charge in [0.05, 0.1) is 0 Å². The molecule has 0 atom stereocenters. The number of halogens is 1. The van der Waals surface area contributed by atoms with Gasteiger partial charge in [-0.3, -0.25) is 4.79 Å². The molecule has 0 radical (unpaired) electrons. The van der Waals surface area contributed by atoms with Gasteiger partial charge in [-0.2, -0.15) is 0 Å². The van der Waals surface area contributed by atoms with Crippen LogP contribution in [-0.2, 0) is 12.8 Å². The lowest BCUT2D eigenvalue weighted by Gasteiger charge is -2.09. The largest absolute Gasteiger partial charge is 0.289 e. The van der Waals surface area contributed by atoms with Crippen molar-refractivity contribution in [2.45, 2.75) is 39.5 Å². The Hall–Kier alpha value is -3.00. The van der Waals surface area contributed by atoms with Crippen molar-refractivity contribution in [3.63, 3.8) is 0 Å². The second-order valence-corrected chi connectivity index (χ2v) is 7.85. The molecule has 0 saturated heterocycles. The van der Waals surface area contributed by atoms with Gasteiger partial charge in [0.25, 0.3) is 0 Å². The van der Waals surface area contributed by atoms with E-state index in [1.165, 1.54) is 22.8 Å². The van der Waals surface area contributed by atoms with Crippen LogP contribution in [0.1, 0.15) is 35.1 Å². The molecule has 0 heterocycles. The van der Waals surface area contributed by atoms with Crippen LogP contribution in [0.25, 0.3) is 21.5 Å². The molecule has 29 heavy (non-hydrogen) atoms. The van der Waals surface area contributed by atoms with Crippen molar-refractivity contribution in [3.8, 4) is 0 Å². The van der Waals surface area contributed by atoms with Crippen LogP contribution in [0.15, 0.2) is 71.5 Å². The van der Waals surface area contributed by atoms with E-state index in [-0.39, 0.29) is 11.2 Å². The lowest BCUT2D eigenvalue weighted by atomic mass is 9.95. The van der Waals surface area contributed by atoms with Crippen molar-refractivity contribution in [1.82, 2.24) is 0 Å². The Morgan fingerprint density at radius 3 is 2.41 bits per heavy atom. The third-order valence-electron chi connectivity index (χ3n) is 5.89. The highest BCUT2D eigenvalue weighted by molar-refractivity contribution is 5.97. The van der Waals surface area contributed by atoms with Crippen LogP contribution in [0, 0.1) is 19.7 Å². The number of benzene rings is 3. The molecule has 0 aliphatic rings. The molecule has 0 aliphatic carbocycles. The Morgan fingerprint density at radius 1 is 0.793 bits per heavy atom. The molecule has 0 N–H and O–H groups in total. The average molecular weight is 384 g/mol. The van der Waals surface area contributed by atoms with Crippen LogP contribution in [0.3, 0.4) is 0 Å². The molecule has 2 heteroatoms. The first-order valence-corrected chi connectivity index (χ1v) is 10.2. The first kappa shape index (κ1) is 19.3. The van der Waals surface area contributed by atoms with E-state index < -0.39 is 0 Å². The first-order chi connectivity index (χ1) is 14.0. The highest BCUT2D eigenvalue weighted by Crippen LogP contribution is 2.27. The summed E-state index contributed by atoms with van der Waals surface area (Å²) < 4.78 is 13.4. The zero-order valence-electron chi connectivity index (χ0n) is 17.0. The average Bonchev–Trinajstić information content (AvgIpc) is 2.83. The van der Waals surface area contributed by atoms with Crippen molar-refractivity contribution < 1.29 is 4.39 Å². The van der Waals surface area contributed by atoms with Crippen LogP contribution < -0.4 is 5.43 Å². The van der Waals surface area contributed by atoms with Gasteiger partial charge < -0.3 is 0 Å². The summed E-state index contributed by atoms with van der Waals surface area (Å²) in [6.45, 7) is 4.21. The number of hydrogen-bond acceptors (Lipinski definition) is 1. The maximum atomic E-state index is 13.4. The van der Waals surface area contributed by atoms with Gasteiger partial charge in [0.1, 0.15) is 5.82 Å². The third kappa shape index (κ3) is 3.93. The summed E-state index contributed by atoms with van der Waals surface area (Å²) in [4.78, 5) is 13.2. The monoisotopic (exact) mass is 384 g/mol. The molecule has 0 unspecified atom stereocenters. The molecule has 4 aromatic rings. The van der Waals surface area contributed by atoms with Gasteiger partial charge in [-0.25, -0.2) is 4.39 Å². The molecule has 0 saturated carbocycles. The van der Waals surface area contributed by atoms with Crippen LogP contribution in [0.5, 0.6) is 0 Å². The SMILES string of the molecule is Cc1ccc2c(=O)c3ccccc3cc(CCCCc3cccc(F)c3)c2c1C. The van der Waals surface area contributed by atoms with Gasteiger partial charge >= 0.3 is 0 Å². The molecule has 0 spiro atoms. The minimum Gasteiger partial charge on any atom is -0.289 e. The number of rotatable bonds is 5. The molecule has 4 rings (SSSR count). The van der Waals surface area contributed by atoms with E-state index in [1.54, 1.807) is 12.1 Å². The van der Waals surface area contributed by atoms with E-state index in [2.05, 4.69) is 19.9 Å². The highest BCUT2D eigenvalue weighted by atomic mass is 19.1. The summed E-state index contributed by atoms with van der Waals surface area (Å²) in [6.07, 6.45) is 3.73. The number of fused-ring (bicyclic) bond motifs is 2. The second kappa shape index (κ2) is 8.16.